The molecule has 1 aromatic rings. The predicted octanol–water partition coefficient (Wildman–Crippen LogP) is 3.40. The number of halogens is 1. The summed E-state index contributed by atoms with van der Waals surface area (Å²) in [6, 6.07) is 7.72. The lowest BCUT2D eigenvalue weighted by Crippen LogP contribution is -2.26. The molecule has 0 saturated heterocycles. The van der Waals surface area contributed by atoms with Gasteiger partial charge in [0.15, 0.2) is 0 Å². The zero-order chi connectivity index (χ0) is 17.1. The van der Waals surface area contributed by atoms with Crippen molar-refractivity contribution >= 4 is 21.9 Å². The molecule has 120 valence electrons. The maximum Gasteiger partial charge on any atom is 0.338 e. The molecular formula is C17H17BrN2O3. The van der Waals surface area contributed by atoms with Crippen LogP contribution in [0.25, 0.3) is 0 Å². The van der Waals surface area contributed by atoms with Crippen LogP contribution >= 0.6 is 15.9 Å². The van der Waals surface area contributed by atoms with Gasteiger partial charge in [0, 0.05) is 4.47 Å². The summed E-state index contributed by atoms with van der Waals surface area (Å²) < 4.78 is 11.4. The third-order valence-corrected chi connectivity index (χ3v) is 4.14. The van der Waals surface area contributed by atoms with E-state index in [1.165, 1.54) is 0 Å². The number of allylic oxidation sites excluding steroid dienone is 2. The summed E-state index contributed by atoms with van der Waals surface area (Å²) in [5, 5.41) is 9.50. The molecule has 0 spiro atoms. The summed E-state index contributed by atoms with van der Waals surface area (Å²) in [4.78, 5) is 12.4. The van der Waals surface area contributed by atoms with E-state index in [0.29, 0.717) is 11.3 Å². The first-order chi connectivity index (χ1) is 10.9. The number of benzene rings is 1. The Labute approximate surface area is 143 Å². The van der Waals surface area contributed by atoms with Gasteiger partial charge in [0.25, 0.3) is 0 Å². The molecular weight excluding hydrogens is 360 g/mol. The number of ether oxygens (including phenoxy) is 2. The number of carbonyl (C=O) groups is 1. The molecule has 1 aliphatic rings. The number of aryl methyl sites for hydroxylation is 1. The van der Waals surface area contributed by atoms with Gasteiger partial charge in [0.1, 0.15) is 17.4 Å². The highest BCUT2D eigenvalue weighted by molar-refractivity contribution is 9.10. The maximum absolute atomic E-state index is 12.4. The lowest BCUT2D eigenvalue weighted by Gasteiger charge is -2.27. The zero-order valence-corrected chi connectivity index (χ0v) is 14.7. The Hall–Kier alpha value is -2.26. The molecule has 1 heterocycles. The fourth-order valence-electron chi connectivity index (χ4n) is 2.63. The Morgan fingerprint density at radius 3 is 2.74 bits per heavy atom. The maximum atomic E-state index is 12.4. The van der Waals surface area contributed by atoms with E-state index in [1.54, 1.807) is 13.8 Å². The van der Waals surface area contributed by atoms with Crippen molar-refractivity contribution in [2.45, 2.75) is 26.7 Å². The number of hydrogen-bond acceptors (Lipinski definition) is 5. The largest absolute Gasteiger partial charge is 0.463 e. The Morgan fingerprint density at radius 1 is 1.48 bits per heavy atom. The molecule has 2 N–H and O–H groups in total. The lowest BCUT2D eigenvalue weighted by molar-refractivity contribution is -0.139. The predicted molar refractivity (Wildman–Crippen MR) is 88.9 cm³/mol. The van der Waals surface area contributed by atoms with Crippen molar-refractivity contribution in [3.05, 3.63) is 56.6 Å². The number of rotatable bonds is 3. The van der Waals surface area contributed by atoms with Crippen LogP contribution in [0, 0.1) is 18.3 Å². The van der Waals surface area contributed by atoms with Crippen LogP contribution < -0.4 is 5.73 Å². The average molecular weight is 377 g/mol. The van der Waals surface area contributed by atoms with Gasteiger partial charge in [-0.25, -0.2) is 4.79 Å². The van der Waals surface area contributed by atoms with Crippen LogP contribution in [-0.4, -0.2) is 12.6 Å². The van der Waals surface area contributed by atoms with Crippen molar-refractivity contribution in [1.29, 1.82) is 5.26 Å². The van der Waals surface area contributed by atoms with E-state index in [2.05, 4.69) is 22.0 Å². The second-order valence-electron chi connectivity index (χ2n) is 5.12. The van der Waals surface area contributed by atoms with E-state index < -0.39 is 11.9 Å². The van der Waals surface area contributed by atoms with Crippen LogP contribution in [0.4, 0.5) is 0 Å². The van der Waals surface area contributed by atoms with E-state index in [0.717, 1.165) is 15.6 Å². The molecule has 0 aromatic heterocycles. The van der Waals surface area contributed by atoms with Crippen molar-refractivity contribution in [2.75, 3.05) is 6.61 Å². The van der Waals surface area contributed by atoms with Gasteiger partial charge in [-0.1, -0.05) is 22.0 Å². The van der Waals surface area contributed by atoms with Gasteiger partial charge in [-0.3, -0.25) is 0 Å². The van der Waals surface area contributed by atoms with Crippen molar-refractivity contribution < 1.29 is 14.3 Å². The van der Waals surface area contributed by atoms with Crippen LogP contribution in [0.3, 0.4) is 0 Å². The number of hydrogen-bond donors (Lipinski definition) is 1. The topological polar surface area (TPSA) is 85.3 Å². The molecule has 1 unspecified atom stereocenters. The number of esters is 1. The Kier molecular flexibility index (Phi) is 5.12. The minimum Gasteiger partial charge on any atom is -0.463 e. The highest BCUT2D eigenvalue weighted by atomic mass is 79.9. The molecule has 5 nitrogen and oxygen atoms in total. The Morgan fingerprint density at radius 2 is 2.17 bits per heavy atom. The number of nitrogens with zero attached hydrogens (tertiary/aromatic N) is 1. The van der Waals surface area contributed by atoms with Gasteiger partial charge in [0.2, 0.25) is 5.88 Å². The lowest BCUT2D eigenvalue weighted by atomic mass is 9.81. The Balaban J connectivity index is 2.66. The third-order valence-electron chi connectivity index (χ3n) is 3.64. The number of nitriles is 1. The molecule has 0 amide bonds. The minimum atomic E-state index is -0.596. The molecule has 1 aliphatic heterocycles. The molecule has 1 atom stereocenters. The molecule has 2 rings (SSSR count). The van der Waals surface area contributed by atoms with E-state index in [4.69, 9.17) is 15.2 Å². The quantitative estimate of drug-likeness (QED) is 0.816. The van der Waals surface area contributed by atoms with Crippen LogP contribution in [0.2, 0.25) is 0 Å². The third kappa shape index (κ3) is 3.25. The first kappa shape index (κ1) is 17.1. The van der Waals surface area contributed by atoms with Gasteiger partial charge in [0.05, 0.1) is 18.1 Å². The van der Waals surface area contributed by atoms with E-state index in [-0.39, 0.29) is 18.1 Å². The van der Waals surface area contributed by atoms with Gasteiger partial charge in [-0.05, 0) is 44.0 Å². The van der Waals surface area contributed by atoms with Crippen LogP contribution in [-0.2, 0) is 14.3 Å². The highest BCUT2D eigenvalue weighted by Gasteiger charge is 2.36. The van der Waals surface area contributed by atoms with Crippen LogP contribution in [0.15, 0.2) is 45.5 Å². The second-order valence-corrected chi connectivity index (χ2v) is 6.03. The van der Waals surface area contributed by atoms with Gasteiger partial charge >= 0.3 is 5.97 Å². The smallest absolute Gasteiger partial charge is 0.338 e. The highest BCUT2D eigenvalue weighted by Crippen LogP contribution is 2.41. The Bertz CT molecular complexity index is 760. The molecule has 0 radical (unpaired) electrons. The summed E-state index contributed by atoms with van der Waals surface area (Å²) in [5.74, 6) is -0.726. The van der Waals surface area contributed by atoms with Crippen molar-refractivity contribution in [3.8, 4) is 6.07 Å². The zero-order valence-electron chi connectivity index (χ0n) is 13.1. The van der Waals surface area contributed by atoms with Gasteiger partial charge < -0.3 is 15.2 Å². The first-order valence-electron chi connectivity index (χ1n) is 7.12. The second kappa shape index (κ2) is 6.88. The molecule has 0 saturated carbocycles. The van der Waals surface area contributed by atoms with Crippen LogP contribution in [0.5, 0.6) is 0 Å². The average Bonchev–Trinajstić information content (AvgIpc) is 2.46. The summed E-state index contributed by atoms with van der Waals surface area (Å²) in [6.07, 6.45) is 0. The molecule has 0 aliphatic carbocycles. The van der Waals surface area contributed by atoms with E-state index >= 15 is 0 Å². The van der Waals surface area contributed by atoms with Crippen LogP contribution in [0.1, 0.15) is 30.9 Å². The molecule has 6 heteroatoms. The fraction of sp³-hybridized carbons (Fsp3) is 0.294. The molecule has 23 heavy (non-hydrogen) atoms. The molecule has 0 fully saturated rings. The monoisotopic (exact) mass is 376 g/mol. The SMILES string of the molecule is CCOC(=O)C1=C(C)OC(N)=C(C#N)C1c1ccc(Br)cc1C. The van der Waals surface area contributed by atoms with Crippen molar-refractivity contribution in [2.24, 2.45) is 5.73 Å². The van der Waals surface area contributed by atoms with Gasteiger partial charge in [-0.15, -0.1) is 0 Å². The normalized spacial score (nSPS) is 17.6. The summed E-state index contributed by atoms with van der Waals surface area (Å²) in [7, 11) is 0. The summed E-state index contributed by atoms with van der Waals surface area (Å²) in [5.41, 5.74) is 8.13. The number of carbonyl (C=O) groups excluding carboxylic acids is 1. The standard InChI is InChI=1S/C17H17BrN2O3/c1-4-22-17(21)14-10(3)23-16(20)13(8-19)15(14)12-6-5-11(18)7-9(12)2/h5-7,15H,4,20H2,1-3H3. The summed E-state index contributed by atoms with van der Waals surface area (Å²) in [6.45, 7) is 5.53. The van der Waals surface area contributed by atoms with E-state index in [9.17, 15) is 10.1 Å². The molecule has 0 bridgehead atoms. The fourth-order valence-corrected chi connectivity index (χ4v) is 3.10. The summed E-state index contributed by atoms with van der Waals surface area (Å²) >= 11 is 3.42. The van der Waals surface area contributed by atoms with E-state index in [1.807, 2.05) is 25.1 Å². The van der Waals surface area contributed by atoms with Gasteiger partial charge in [-0.2, -0.15) is 5.26 Å². The molecule has 1 aromatic carbocycles. The van der Waals surface area contributed by atoms with Crippen molar-refractivity contribution in [1.82, 2.24) is 0 Å². The first-order valence-corrected chi connectivity index (χ1v) is 7.91. The van der Waals surface area contributed by atoms with Crippen molar-refractivity contribution in [3.63, 3.8) is 0 Å². The minimum absolute atomic E-state index is 0.0189. The number of nitrogens with two attached hydrogens (primary N) is 1.